The maximum absolute atomic E-state index is 6.05. The van der Waals surface area contributed by atoms with Crippen molar-refractivity contribution in [1.82, 2.24) is 20.3 Å². The van der Waals surface area contributed by atoms with Crippen molar-refractivity contribution in [3.8, 4) is 11.5 Å². The van der Waals surface area contributed by atoms with Crippen molar-refractivity contribution in [2.24, 2.45) is 0 Å². The van der Waals surface area contributed by atoms with E-state index in [-0.39, 0.29) is 0 Å². The van der Waals surface area contributed by atoms with E-state index in [1.807, 2.05) is 0 Å². The second-order valence-electron chi connectivity index (χ2n) is 3.92. The molecule has 19 heavy (non-hydrogen) atoms. The molecule has 0 saturated carbocycles. The summed E-state index contributed by atoms with van der Waals surface area (Å²) in [6.07, 6.45) is 5.21. The van der Waals surface area contributed by atoms with Gasteiger partial charge in [0.2, 0.25) is 0 Å². The maximum atomic E-state index is 6.05. The van der Waals surface area contributed by atoms with Gasteiger partial charge < -0.3 is 10.1 Å². The first-order valence-electron chi connectivity index (χ1n) is 5.92. The second-order valence-corrected chi connectivity index (χ2v) is 4.33. The molecule has 6 heteroatoms. The van der Waals surface area contributed by atoms with Crippen molar-refractivity contribution in [3.05, 3.63) is 41.3 Å². The molecule has 0 amide bonds. The predicted molar refractivity (Wildman–Crippen MR) is 73.9 cm³/mol. The van der Waals surface area contributed by atoms with Crippen LogP contribution in [0.1, 0.15) is 5.56 Å². The van der Waals surface area contributed by atoms with Crippen molar-refractivity contribution in [2.45, 2.75) is 6.54 Å². The standard InChI is InChI=1S/C13H15ClN4O/c1-19-6-5-15-7-10-8-17-13(18-9-10)12-11(14)3-2-4-16-12/h2-4,8-9,15H,5-7H2,1H3. The fourth-order valence-electron chi connectivity index (χ4n) is 1.53. The van der Waals surface area contributed by atoms with Gasteiger partial charge in [-0.1, -0.05) is 11.6 Å². The molecule has 0 atom stereocenters. The van der Waals surface area contributed by atoms with E-state index in [1.54, 1.807) is 37.8 Å². The van der Waals surface area contributed by atoms with Gasteiger partial charge in [-0.2, -0.15) is 0 Å². The normalized spacial score (nSPS) is 10.6. The van der Waals surface area contributed by atoms with Crippen LogP contribution < -0.4 is 5.32 Å². The molecule has 0 aliphatic carbocycles. The fraction of sp³-hybridized carbons (Fsp3) is 0.308. The highest BCUT2D eigenvalue weighted by Gasteiger charge is 2.06. The molecule has 5 nitrogen and oxygen atoms in total. The molecule has 0 radical (unpaired) electrons. The Morgan fingerprint density at radius 2 is 2.05 bits per heavy atom. The van der Waals surface area contributed by atoms with Crippen molar-refractivity contribution >= 4 is 11.6 Å². The van der Waals surface area contributed by atoms with Crippen molar-refractivity contribution in [3.63, 3.8) is 0 Å². The van der Waals surface area contributed by atoms with Gasteiger partial charge in [-0.05, 0) is 12.1 Å². The number of pyridine rings is 1. The smallest absolute Gasteiger partial charge is 0.179 e. The van der Waals surface area contributed by atoms with Crippen LogP contribution in [0.5, 0.6) is 0 Å². The molecule has 0 saturated heterocycles. The lowest BCUT2D eigenvalue weighted by atomic mass is 10.3. The minimum atomic E-state index is 0.534. The van der Waals surface area contributed by atoms with Crippen LogP contribution in [0.25, 0.3) is 11.5 Å². The number of hydrogen-bond acceptors (Lipinski definition) is 5. The topological polar surface area (TPSA) is 59.9 Å². The third-order valence-corrected chi connectivity index (χ3v) is 2.79. The maximum Gasteiger partial charge on any atom is 0.179 e. The Morgan fingerprint density at radius 3 is 2.74 bits per heavy atom. The predicted octanol–water partition coefficient (Wildman–Crippen LogP) is 1.93. The summed E-state index contributed by atoms with van der Waals surface area (Å²) in [5.74, 6) is 0.534. The Morgan fingerprint density at radius 1 is 1.26 bits per heavy atom. The summed E-state index contributed by atoms with van der Waals surface area (Å²) in [6, 6.07) is 3.55. The van der Waals surface area contributed by atoms with E-state index in [4.69, 9.17) is 16.3 Å². The lowest BCUT2D eigenvalue weighted by Gasteiger charge is -2.05. The quantitative estimate of drug-likeness (QED) is 0.818. The summed E-state index contributed by atoms with van der Waals surface area (Å²) in [5, 5.41) is 3.78. The first-order chi connectivity index (χ1) is 9.31. The zero-order valence-electron chi connectivity index (χ0n) is 10.6. The molecule has 0 fully saturated rings. The summed E-state index contributed by atoms with van der Waals surface area (Å²) in [7, 11) is 1.68. The Labute approximate surface area is 117 Å². The lowest BCUT2D eigenvalue weighted by molar-refractivity contribution is 0.199. The molecule has 0 unspecified atom stereocenters. The SMILES string of the molecule is COCCNCc1cnc(-c2ncccc2Cl)nc1. The third kappa shape index (κ3) is 3.96. The third-order valence-electron chi connectivity index (χ3n) is 2.49. The van der Waals surface area contributed by atoms with Gasteiger partial charge in [0.15, 0.2) is 5.82 Å². The molecule has 2 aromatic rings. The van der Waals surface area contributed by atoms with Gasteiger partial charge in [0, 0.05) is 44.4 Å². The number of halogens is 1. The molecular weight excluding hydrogens is 264 g/mol. The van der Waals surface area contributed by atoms with Gasteiger partial charge in [-0.3, -0.25) is 4.98 Å². The molecule has 0 aromatic carbocycles. The molecule has 100 valence electrons. The molecule has 2 aromatic heterocycles. The number of nitrogens with one attached hydrogen (secondary N) is 1. The first kappa shape index (κ1) is 13.9. The highest BCUT2D eigenvalue weighted by Crippen LogP contribution is 2.21. The van der Waals surface area contributed by atoms with E-state index in [2.05, 4.69) is 20.3 Å². The Hall–Kier alpha value is -1.56. The van der Waals surface area contributed by atoms with Crippen LogP contribution in [0.15, 0.2) is 30.7 Å². The van der Waals surface area contributed by atoms with E-state index in [0.29, 0.717) is 29.7 Å². The van der Waals surface area contributed by atoms with Crippen LogP contribution in [0, 0.1) is 0 Å². The molecule has 0 spiro atoms. The zero-order valence-corrected chi connectivity index (χ0v) is 11.4. The average Bonchev–Trinajstić information content (AvgIpc) is 2.45. The number of ether oxygens (including phenoxy) is 1. The summed E-state index contributed by atoms with van der Waals surface area (Å²) in [6.45, 7) is 2.19. The van der Waals surface area contributed by atoms with Gasteiger partial charge in [0.1, 0.15) is 5.69 Å². The van der Waals surface area contributed by atoms with Crippen LogP contribution in [-0.2, 0) is 11.3 Å². The molecule has 0 bridgehead atoms. The summed E-state index contributed by atoms with van der Waals surface area (Å²) < 4.78 is 4.95. The molecule has 2 heterocycles. The van der Waals surface area contributed by atoms with Crippen molar-refractivity contribution < 1.29 is 4.74 Å². The highest BCUT2D eigenvalue weighted by atomic mass is 35.5. The number of methoxy groups -OCH3 is 1. The van der Waals surface area contributed by atoms with Crippen LogP contribution >= 0.6 is 11.6 Å². The van der Waals surface area contributed by atoms with Gasteiger partial charge in [0.25, 0.3) is 0 Å². The van der Waals surface area contributed by atoms with Gasteiger partial charge in [-0.15, -0.1) is 0 Å². The van der Waals surface area contributed by atoms with Gasteiger partial charge in [0.05, 0.1) is 11.6 Å². The number of hydrogen-bond donors (Lipinski definition) is 1. The van der Waals surface area contributed by atoms with Crippen LogP contribution in [0.4, 0.5) is 0 Å². The van der Waals surface area contributed by atoms with E-state index in [1.165, 1.54) is 0 Å². The number of rotatable bonds is 6. The molecule has 0 aliphatic rings. The second kappa shape index (κ2) is 7.13. The minimum absolute atomic E-state index is 0.534. The van der Waals surface area contributed by atoms with E-state index in [0.717, 1.165) is 12.1 Å². The largest absolute Gasteiger partial charge is 0.383 e. The van der Waals surface area contributed by atoms with E-state index in [9.17, 15) is 0 Å². The Bertz CT molecular complexity index is 518. The minimum Gasteiger partial charge on any atom is -0.383 e. The van der Waals surface area contributed by atoms with Gasteiger partial charge >= 0.3 is 0 Å². The summed E-state index contributed by atoms with van der Waals surface area (Å²) in [5.41, 5.74) is 1.61. The van der Waals surface area contributed by atoms with Crippen LogP contribution in [0.2, 0.25) is 5.02 Å². The van der Waals surface area contributed by atoms with E-state index >= 15 is 0 Å². The zero-order chi connectivity index (χ0) is 13.5. The van der Waals surface area contributed by atoms with Crippen LogP contribution in [0.3, 0.4) is 0 Å². The first-order valence-corrected chi connectivity index (χ1v) is 6.30. The molecular formula is C13H15ClN4O. The van der Waals surface area contributed by atoms with Crippen molar-refractivity contribution in [1.29, 1.82) is 0 Å². The molecule has 1 N–H and O–H groups in total. The van der Waals surface area contributed by atoms with Crippen molar-refractivity contribution in [2.75, 3.05) is 20.3 Å². The fourth-order valence-corrected chi connectivity index (χ4v) is 1.73. The van der Waals surface area contributed by atoms with Gasteiger partial charge in [-0.25, -0.2) is 9.97 Å². The lowest BCUT2D eigenvalue weighted by Crippen LogP contribution is -2.18. The van der Waals surface area contributed by atoms with E-state index < -0.39 is 0 Å². The Balaban J connectivity index is 2.01. The molecule has 0 aliphatic heterocycles. The average molecular weight is 279 g/mol. The monoisotopic (exact) mass is 278 g/mol. The number of aromatic nitrogens is 3. The molecule has 2 rings (SSSR count). The number of nitrogens with zero attached hydrogens (tertiary/aromatic N) is 3. The Kier molecular flexibility index (Phi) is 5.20. The van der Waals surface area contributed by atoms with Crippen LogP contribution in [-0.4, -0.2) is 35.2 Å². The summed E-state index contributed by atoms with van der Waals surface area (Å²) in [4.78, 5) is 12.7. The highest BCUT2D eigenvalue weighted by molar-refractivity contribution is 6.32. The summed E-state index contributed by atoms with van der Waals surface area (Å²) >= 11 is 6.05.